The van der Waals surface area contributed by atoms with Gasteiger partial charge in [0.15, 0.2) is 0 Å². The molecule has 2 saturated heterocycles. The first-order valence-corrected chi connectivity index (χ1v) is 10.0. The molecule has 1 saturated carbocycles. The molecule has 1 aliphatic carbocycles. The molecule has 2 heterocycles. The van der Waals surface area contributed by atoms with E-state index in [9.17, 15) is 9.59 Å². The van der Waals surface area contributed by atoms with Gasteiger partial charge in [0.1, 0.15) is 0 Å². The molecule has 0 radical (unpaired) electrons. The predicted octanol–water partition coefficient (Wildman–Crippen LogP) is 2.40. The first kappa shape index (κ1) is 17.8. The second-order valence-corrected chi connectivity index (χ2v) is 8.29. The Bertz CT molecular complexity index is 702. The van der Waals surface area contributed by atoms with Crippen molar-refractivity contribution in [2.75, 3.05) is 39.3 Å². The highest BCUT2D eigenvalue weighted by molar-refractivity contribution is 6.30. The van der Waals surface area contributed by atoms with E-state index in [1.54, 1.807) is 24.3 Å². The number of hydrogen-bond acceptors (Lipinski definition) is 3. The number of nitrogens with one attached hydrogen (secondary N) is 1. The van der Waals surface area contributed by atoms with Crippen LogP contribution in [0.3, 0.4) is 0 Å². The highest BCUT2D eigenvalue weighted by Crippen LogP contribution is 2.59. The van der Waals surface area contributed by atoms with Crippen LogP contribution in [0.4, 0.5) is 0 Å². The number of halogens is 1. The molecule has 140 valence electrons. The number of carbonyl (C=O) groups excluding carboxylic acids is 2. The number of amides is 2. The van der Waals surface area contributed by atoms with Crippen molar-refractivity contribution in [3.05, 3.63) is 34.9 Å². The average Bonchev–Trinajstić information content (AvgIpc) is 3.40. The Labute approximate surface area is 159 Å². The van der Waals surface area contributed by atoms with Crippen molar-refractivity contribution in [1.29, 1.82) is 0 Å². The second kappa shape index (κ2) is 7.20. The molecule has 4 rings (SSSR count). The highest BCUT2D eigenvalue weighted by Gasteiger charge is 2.58. The van der Waals surface area contributed by atoms with Gasteiger partial charge in [0.25, 0.3) is 5.91 Å². The fourth-order valence-corrected chi connectivity index (χ4v) is 4.73. The Hall–Kier alpha value is -1.59. The molecule has 2 aliphatic heterocycles. The maximum atomic E-state index is 13.0. The molecule has 1 N–H and O–H groups in total. The Morgan fingerprint density at radius 1 is 1.08 bits per heavy atom. The second-order valence-electron chi connectivity index (χ2n) is 7.85. The van der Waals surface area contributed by atoms with Gasteiger partial charge in [-0.2, -0.15) is 0 Å². The Balaban J connectivity index is 1.36. The van der Waals surface area contributed by atoms with Crippen molar-refractivity contribution in [2.24, 2.45) is 11.3 Å². The molecule has 5 nitrogen and oxygen atoms in total. The Morgan fingerprint density at radius 2 is 1.81 bits per heavy atom. The summed E-state index contributed by atoms with van der Waals surface area (Å²) in [7, 11) is 0. The molecule has 26 heavy (non-hydrogen) atoms. The van der Waals surface area contributed by atoms with E-state index in [1.807, 2.05) is 9.80 Å². The van der Waals surface area contributed by atoms with Gasteiger partial charge in [-0.25, -0.2) is 0 Å². The van der Waals surface area contributed by atoms with Crippen LogP contribution in [-0.4, -0.2) is 60.9 Å². The van der Waals surface area contributed by atoms with Gasteiger partial charge in [0.05, 0.1) is 0 Å². The van der Waals surface area contributed by atoms with Crippen LogP contribution in [-0.2, 0) is 4.79 Å². The standard InChI is InChI=1S/C20H26ClN3O2/c21-16-4-1-3-15(13-16)18(25)23-9-2-10-24(12-11-23)19(26)17-14-20(17)5-7-22-8-6-20/h1,3-4,13,17,22H,2,5-12,14H2. The summed E-state index contributed by atoms with van der Waals surface area (Å²) in [6.45, 7) is 4.74. The van der Waals surface area contributed by atoms with Gasteiger partial charge in [-0.3, -0.25) is 9.59 Å². The number of piperidine rings is 1. The summed E-state index contributed by atoms with van der Waals surface area (Å²) in [5.74, 6) is 0.520. The van der Waals surface area contributed by atoms with Gasteiger partial charge >= 0.3 is 0 Å². The zero-order chi connectivity index (χ0) is 18.1. The third-order valence-electron chi connectivity index (χ3n) is 6.25. The normalized spacial score (nSPS) is 25.0. The van der Waals surface area contributed by atoms with E-state index in [2.05, 4.69) is 5.32 Å². The monoisotopic (exact) mass is 375 g/mol. The molecule has 1 aromatic carbocycles. The third kappa shape index (κ3) is 3.47. The van der Waals surface area contributed by atoms with Gasteiger partial charge < -0.3 is 15.1 Å². The molecule has 1 atom stereocenters. The third-order valence-corrected chi connectivity index (χ3v) is 6.49. The molecular formula is C20H26ClN3O2. The van der Waals surface area contributed by atoms with E-state index in [4.69, 9.17) is 11.6 Å². The molecule has 0 aromatic heterocycles. The molecule has 3 fully saturated rings. The maximum absolute atomic E-state index is 13.0. The average molecular weight is 376 g/mol. The van der Waals surface area contributed by atoms with Crippen LogP contribution in [0.1, 0.15) is 36.0 Å². The summed E-state index contributed by atoms with van der Waals surface area (Å²) in [6.07, 6.45) is 4.13. The van der Waals surface area contributed by atoms with Crippen molar-refractivity contribution < 1.29 is 9.59 Å². The zero-order valence-corrected chi connectivity index (χ0v) is 15.8. The van der Waals surface area contributed by atoms with E-state index >= 15 is 0 Å². The van der Waals surface area contributed by atoms with Crippen molar-refractivity contribution in [2.45, 2.75) is 25.7 Å². The van der Waals surface area contributed by atoms with Crippen LogP contribution < -0.4 is 5.32 Å². The lowest BCUT2D eigenvalue weighted by Crippen LogP contribution is -2.39. The zero-order valence-electron chi connectivity index (χ0n) is 15.0. The Kier molecular flexibility index (Phi) is 4.93. The van der Waals surface area contributed by atoms with Crippen LogP contribution in [0.15, 0.2) is 24.3 Å². The van der Waals surface area contributed by atoms with Gasteiger partial charge in [-0.15, -0.1) is 0 Å². The van der Waals surface area contributed by atoms with Gasteiger partial charge in [-0.05, 0) is 62.4 Å². The Morgan fingerprint density at radius 3 is 2.58 bits per heavy atom. The van der Waals surface area contributed by atoms with E-state index in [-0.39, 0.29) is 17.2 Å². The van der Waals surface area contributed by atoms with Crippen molar-refractivity contribution in [1.82, 2.24) is 15.1 Å². The molecule has 1 unspecified atom stereocenters. The van der Waals surface area contributed by atoms with Crippen LogP contribution >= 0.6 is 11.6 Å². The van der Waals surface area contributed by atoms with Crippen LogP contribution in [0.2, 0.25) is 5.02 Å². The number of carbonyl (C=O) groups is 2. The molecule has 2 amide bonds. The number of benzene rings is 1. The lowest BCUT2D eigenvalue weighted by atomic mass is 9.91. The summed E-state index contributed by atoms with van der Waals surface area (Å²) >= 11 is 6.01. The summed E-state index contributed by atoms with van der Waals surface area (Å²) in [5.41, 5.74) is 0.887. The smallest absolute Gasteiger partial charge is 0.253 e. The number of rotatable bonds is 2. The van der Waals surface area contributed by atoms with Gasteiger partial charge in [0, 0.05) is 42.7 Å². The van der Waals surface area contributed by atoms with Crippen molar-refractivity contribution in [3.8, 4) is 0 Å². The largest absolute Gasteiger partial charge is 0.341 e. The topological polar surface area (TPSA) is 52.7 Å². The van der Waals surface area contributed by atoms with E-state index in [0.717, 1.165) is 45.3 Å². The lowest BCUT2D eigenvalue weighted by Gasteiger charge is -2.26. The first-order chi connectivity index (χ1) is 12.6. The predicted molar refractivity (Wildman–Crippen MR) is 101 cm³/mol. The lowest BCUT2D eigenvalue weighted by molar-refractivity contribution is -0.133. The SMILES string of the molecule is O=C(c1cccc(Cl)c1)N1CCCN(C(=O)C2CC23CCNCC3)CC1. The minimum absolute atomic E-state index is 0.00282. The summed E-state index contributed by atoms with van der Waals surface area (Å²) < 4.78 is 0. The fourth-order valence-electron chi connectivity index (χ4n) is 4.54. The molecule has 0 bridgehead atoms. The van der Waals surface area contributed by atoms with Crippen LogP contribution in [0.5, 0.6) is 0 Å². The molecular weight excluding hydrogens is 350 g/mol. The van der Waals surface area contributed by atoms with Crippen molar-refractivity contribution >= 4 is 23.4 Å². The molecule has 1 aromatic rings. The molecule has 3 aliphatic rings. The van der Waals surface area contributed by atoms with E-state index in [0.29, 0.717) is 36.1 Å². The highest BCUT2D eigenvalue weighted by atomic mass is 35.5. The summed E-state index contributed by atoms with van der Waals surface area (Å²) in [5, 5.41) is 3.96. The number of nitrogens with zero attached hydrogens (tertiary/aromatic N) is 2. The molecule has 6 heteroatoms. The first-order valence-electron chi connectivity index (χ1n) is 9.63. The molecule has 1 spiro atoms. The van der Waals surface area contributed by atoms with E-state index in [1.165, 1.54) is 0 Å². The van der Waals surface area contributed by atoms with Gasteiger partial charge in [0.2, 0.25) is 5.91 Å². The minimum Gasteiger partial charge on any atom is -0.341 e. The minimum atomic E-state index is 0.00282. The quantitative estimate of drug-likeness (QED) is 0.863. The maximum Gasteiger partial charge on any atom is 0.253 e. The summed E-state index contributed by atoms with van der Waals surface area (Å²) in [4.78, 5) is 29.5. The number of hydrogen-bond donors (Lipinski definition) is 1. The fraction of sp³-hybridized carbons (Fsp3) is 0.600. The van der Waals surface area contributed by atoms with Crippen LogP contribution in [0, 0.1) is 11.3 Å². The van der Waals surface area contributed by atoms with Crippen LogP contribution in [0.25, 0.3) is 0 Å². The summed E-state index contributed by atoms with van der Waals surface area (Å²) in [6, 6.07) is 7.08. The van der Waals surface area contributed by atoms with Gasteiger partial charge in [-0.1, -0.05) is 17.7 Å². The van der Waals surface area contributed by atoms with Crippen molar-refractivity contribution in [3.63, 3.8) is 0 Å². The van der Waals surface area contributed by atoms with E-state index < -0.39 is 0 Å².